The monoisotopic (exact) mass is 370 g/mol. The van der Waals surface area contributed by atoms with E-state index in [1.54, 1.807) is 18.0 Å². The molecular weight excluding hydrogens is 348 g/mol. The largest absolute Gasteiger partial charge is 0.379 e. The van der Waals surface area contributed by atoms with Crippen molar-refractivity contribution in [3.05, 3.63) is 47.0 Å². The molecule has 1 aliphatic heterocycles. The van der Waals surface area contributed by atoms with Gasteiger partial charge in [0.2, 0.25) is 0 Å². The van der Waals surface area contributed by atoms with E-state index in [9.17, 15) is 4.79 Å². The Morgan fingerprint density at radius 3 is 2.88 bits per heavy atom. The van der Waals surface area contributed by atoms with Crippen LogP contribution in [0.1, 0.15) is 0 Å². The Morgan fingerprint density at radius 2 is 2.08 bits per heavy atom. The average molecular weight is 370 g/mol. The molecule has 1 fully saturated rings. The van der Waals surface area contributed by atoms with E-state index in [0.29, 0.717) is 5.56 Å². The van der Waals surface area contributed by atoms with Crippen molar-refractivity contribution in [2.45, 2.75) is 11.4 Å². The molecule has 3 aromatic rings. The molecule has 1 saturated heterocycles. The Kier molecular flexibility index (Phi) is 5.10. The van der Waals surface area contributed by atoms with Crippen molar-refractivity contribution in [3.8, 4) is 11.4 Å². The molecule has 0 bridgehead atoms. The topological polar surface area (TPSA) is 63.1 Å². The molecule has 0 aliphatic carbocycles. The predicted octanol–water partition coefficient (Wildman–Crippen LogP) is 2.45. The van der Waals surface area contributed by atoms with Crippen LogP contribution in [0.4, 0.5) is 0 Å². The van der Waals surface area contributed by atoms with Crippen LogP contribution in [0.3, 0.4) is 0 Å². The Hall–Kier alpha value is -2.09. The molecule has 1 aliphatic rings. The fraction of sp³-hybridized carbons (Fsp3) is 0.368. The van der Waals surface area contributed by atoms with Gasteiger partial charge in [-0.25, -0.2) is 4.98 Å². The number of morpholine rings is 1. The summed E-state index contributed by atoms with van der Waals surface area (Å²) < 4.78 is 7.45. The molecule has 4 rings (SSSR count). The van der Waals surface area contributed by atoms with Gasteiger partial charge >= 0.3 is 0 Å². The third-order valence-corrected chi connectivity index (χ3v) is 5.50. The van der Waals surface area contributed by atoms with Crippen LogP contribution in [0, 0.1) is 0 Å². The van der Waals surface area contributed by atoms with Gasteiger partial charge in [-0.2, -0.15) is 0 Å². The standard InChI is InChI=1S/C19H22N4O2S/c1-26-15-3-2-14-12-16(19(24)21-17(14)13-15)18-20-4-5-23(18)7-6-22-8-10-25-11-9-22/h2-5,12-13H,6-11H2,1H3,(H,21,24). The van der Waals surface area contributed by atoms with E-state index in [1.807, 2.05) is 30.7 Å². The third kappa shape index (κ3) is 3.56. The predicted molar refractivity (Wildman–Crippen MR) is 105 cm³/mol. The Morgan fingerprint density at radius 1 is 1.23 bits per heavy atom. The first kappa shape index (κ1) is 17.3. The van der Waals surface area contributed by atoms with E-state index in [4.69, 9.17) is 4.74 Å². The summed E-state index contributed by atoms with van der Waals surface area (Å²) in [7, 11) is 0. The fourth-order valence-corrected chi connectivity index (χ4v) is 3.72. The molecule has 0 spiro atoms. The summed E-state index contributed by atoms with van der Waals surface area (Å²) in [6.45, 7) is 5.22. The molecule has 6 nitrogen and oxygen atoms in total. The molecule has 0 unspecified atom stereocenters. The van der Waals surface area contributed by atoms with Crippen molar-refractivity contribution >= 4 is 22.7 Å². The maximum absolute atomic E-state index is 12.6. The minimum atomic E-state index is -0.102. The van der Waals surface area contributed by atoms with Crippen LogP contribution in [0.2, 0.25) is 0 Å². The normalized spacial score (nSPS) is 15.6. The van der Waals surface area contributed by atoms with Gasteiger partial charge in [-0.15, -0.1) is 11.8 Å². The number of hydrogen-bond donors (Lipinski definition) is 1. The number of hydrogen-bond acceptors (Lipinski definition) is 5. The number of aromatic amines is 1. The summed E-state index contributed by atoms with van der Waals surface area (Å²) in [6, 6.07) is 8.06. The number of ether oxygens (including phenoxy) is 1. The maximum Gasteiger partial charge on any atom is 0.259 e. The number of nitrogens with zero attached hydrogens (tertiary/aromatic N) is 3. The lowest BCUT2D eigenvalue weighted by molar-refractivity contribution is 0.0364. The first-order chi connectivity index (χ1) is 12.7. The van der Waals surface area contributed by atoms with Gasteiger partial charge in [-0.3, -0.25) is 9.69 Å². The number of fused-ring (bicyclic) bond motifs is 1. The highest BCUT2D eigenvalue weighted by Gasteiger charge is 2.14. The summed E-state index contributed by atoms with van der Waals surface area (Å²) >= 11 is 1.66. The summed E-state index contributed by atoms with van der Waals surface area (Å²) in [4.78, 5) is 23.6. The molecule has 136 valence electrons. The van der Waals surface area contributed by atoms with Gasteiger partial charge in [0.25, 0.3) is 5.56 Å². The first-order valence-corrected chi connectivity index (χ1v) is 10.00. The van der Waals surface area contributed by atoms with Crippen LogP contribution < -0.4 is 5.56 Å². The minimum absolute atomic E-state index is 0.102. The highest BCUT2D eigenvalue weighted by Crippen LogP contribution is 2.23. The zero-order valence-electron chi connectivity index (χ0n) is 14.8. The summed E-state index contributed by atoms with van der Waals surface area (Å²) in [5, 5.41) is 1.01. The van der Waals surface area contributed by atoms with Gasteiger partial charge in [0.1, 0.15) is 5.82 Å². The highest BCUT2D eigenvalue weighted by molar-refractivity contribution is 7.98. The van der Waals surface area contributed by atoms with Crippen molar-refractivity contribution in [1.82, 2.24) is 19.4 Å². The first-order valence-electron chi connectivity index (χ1n) is 8.77. The Labute approximate surface area is 156 Å². The molecule has 1 aromatic carbocycles. The zero-order chi connectivity index (χ0) is 17.9. The number of H-pyrrole nitrogens is 1. The molecule has 26 heavy (non-hydrogen) atoms. The van der Waals surface area contributed by atoms with E-state index < -0.39 is 0 Å². The molecule has 0 radical (unpaired) electrons. The van der Waals surface area contributed by atoms with Crippen molar-refractivity contribution in [3.63, 3.8) is 0 Å². The van der Waals surface area contributed by atoms with Gasteiger partial charge in [-0.1, -0.05) is 6.07 Å². The van der Waals surface area contributed by atoms with Crippen molar-refractivity contribution in [2.24, 2.45) is 0 Å². The second kappa shape index (κ2) is 7.65. The van der Waals surface area contributed by atoms with Gasteiger partial charge in [0.15, 0.2) is 0 Å². The lowest BCUT2D eigenvalue weighted by Crippen LogP contribution is -2.38. The van der Waals surface area contributed by atoms with Crippen molar-refractivity contribution < 1.29 is 4.74 Å². The number of imidazole rings is 1. The summed E-state index contributed by atoms with van der Waals surface area (Å²) in [5.41, 5.74) is 1.37. The second-order valence-electron chi connectivity index (χ2n) is 6.36. The quantitative estimate of drug-likeness (QED) is 0.699. The van der Waals surface area contributed by atoms with Gasteiger partial charge in [-0.05, 0) is 29.8 Å². The SMILES string of the molecule is CSc1ccc2cc(-c3nccn3CCN3CCOCC3)c(=O)[nH]c2c1. The van der Waals surface area contributed by atoms with Crippen molar-refractivity contribution in [2.75, 3.05) is 39.1 Å². The molecule has 0 atom stereocenters. The van der Waals surface area contributed by atoms with Gasteiger partial charge < -0.3 is 14.3 Å². The Bertz CT molecular complexity index is 960. The number of nitrogens with one attached hydrogen (secondary N) is 1. The lowest BCUT2D eigenvalue weighted by Gasteiger charge is -2.26. The Balaban J connectivity index is 1.62. The molecule has 1 N–H and O–H groups in total. The van der Waals surface area contributed by atoms with E-state index in [2.05, 4.69) is 25.5 Å². The molecule has 0 saturated carbocycles. The van der Waals surface area contributed by atoms with Gasteiger partial charge in [0.05, 0.1) is 18.8 Å². The smallest absolute Gasteiger partial charge is 0.259 e. The van der Waals surface area contributed by atoms with Gasteiger partial charge in [0, 0.05) is 49.0 Å². The average Bonchev–Trinajstić information content (AvgIpc) is 3.14. The van der Waals surface area contributed by atoms with E-state index in [-0.39, 0.29) is 5.56 Å². The van der Waals surface area contributed by atoms with Crippen LogP contribution in [0.5, 0.6) is 0 Å². The van der Waals surface area contributed by atoms with Crippen LogP contribution in [-0.2, 0) is 11.3 Å². The van der Waals surface area contributed by atoms with Crippen LogP contribution in [-0.4, -0.2) is 58.5 Å². The third-order valence-electron chi connectivity index (χ3n) is 4.77. The molecule has 3 heterocycles. The molecular formula is C19H22N4O2S. The highest BCUT2D eigenvalue weighted by atomic mass is 32.2. The van der Waals surface area contributed by atoms with E-state index >= 15 is 0 Å². The number of thioether (sulfide) groups is 1. The number of aromatic nitrogens is 3. The molecule has 2 aromatic heterocycles. The van der Waals surface area contributed by atoms with Crippen molar-refractivity contribution in [1.29, 1.82) is 0 Å². The number of benzene rings is 1. The summed E-state index contributed by atoms with van der Waals surface area (Å²) in [6.07, 6.45) is 5.73. The zero-order valence-corrected chi connectivity index (χ0v) is 15.6. The minimum Gasteiger partial charge on any atom is -0.379 e. The second-order valence-corrected chi connectivity index (χ2v) is 7.24. The summed E-state index contributed by atoms with van der Waals surface area (Å²) in [5.74, 6) is 0.718. The fourth-order valence-electron chi connectivity index (χ4n) is 3.28. The molecule has 7 heteroatoms. The van der Waals surface area contributed by atoms with E-state index in [0.717, 1.165) is 61.0 Å². The maximum atomic E-state index is 12.6. The van der Waals surface area contributed by atoms with E-state index in [1.165, 1.54) is 0 Å². The van der Waals surface area contributed by atoms with Crippen LogP contribution in [0.15, 0.2) is 46.3 Å². The molecule has 0 amide bonds. The lowest BCUT2D eigenvalue weighted by atomic mass is 10.1. The number of pyridine rings is 1. The van der Waals surface area contributed by atoms with Crippen LogP contribution >= 0.6 is 11.8 Å². The van der Waals surface area contributed by atoms with Crippen LogP contribution in [0.25, 0.3) is 22.3 Å². The number of rotatable bonds is 5.